The molecule has 0 bridgehead atoms. The second kappa shape index (κ2) is 11.2. The maximum absolute atomic E-state index is 12.1. The van der Waals surface area contributed by atoms with Gasteiger partial charge in [-0.25, -0.2) is 5.43 Å². The first kappa shape index (κ1) is 21.5. The molecule has 2 aromatic carbocycles. The summed E-state index contributed by atoms with van der Waals surface area (Å²) in [5.41, 5.74) is 3.24. The molecule has 0 aliphatic carbocycles. The van der Waals surface area contributed by atoms with Crippen LogP contribution in [0.4, 0.5) is 5.69 Å². The number of hydrazone groups is 1. The summed E-state index contributed by atoms with van der Waals surface area (Å²) < 4.78 is 5.53. The number of nitrogens with one attached hydrogen (secondary N) is 2. The average Bonchev–Trinajstić information content (AvgIpc) is 2.73. The molecule has 0 saturated carbocycles. The molecule has 0 aliphatic rings. The molecule has 9 heteroatoms. The highest BCUT2D eigenvalue weighted by Crippen LogP contribution is 2.13. The molecule has 9 nitrogen and oxygen atoms in total. The van der Waals surface area contributed by atoms with Gasteiger partial charge in [-0.15, -0.1) is 0 Å². The number of carbonyl (C=O) groups is 2. The van der Waals surface area contributed by atoms with Gasteiger partial charge in [-0.2, -0.15) is 5.10 Å². The topological polar surface area (TPSA) is 123 Å². The van der Waals surface area contributed by atoms with E-state index in [0.29, 0.717) is 23.5 Å². The average molecular weight is 398 g/mol. The monoisotopic (exact) mass is 398 g/mol. The number of non-ortho nitro benzene ring substituents is 1. The van der Waals surface area contributed by atoms with Crippen molar-refractivity contribution in [2.75, 3.05) is 13.2 Å². The van der Waals surface area contributed by atoms with Gasteiger partial charge in [-0.05, 0) is 48.4 Å². The van der Waals surface area contributed by atoms with Gasteiger partial charge in [0.2, 0.25) is 0 Å². The van der Waals surface area contributed by atoms with Crippen LogP contribution in [-0.4, -0.2) is 36.1 Å². The van der Waals surface area contributed by atoms with Crippen molar-refractivity contribution in [3.8, 4) is 5.75 Å². The second-order valence-electron chi connectivity index (χ2n) is 6.05. The summed E-state index contributed by atoms with van der Waals surface area (Å²) in [6.45, 7) is 2.46. The minimum Gasteiger partial charge on any atom is -0.494 e. The van der Waals surface area contributed by atoms with Gasteiger partial charge in [0.15, 0.2) is 0 Å². The minimum atomic E-state index is -0.504. The summed E-state index contributed by atoms with van der Waals surface area (Å²) in [6, 6.07) is 12.4. The number of ether oxygens (including phenoxy) is 1. The zero-order valence-corrected chi connectivity index (χ0v) is 16.0. The maximum Gasteiger partial charge on any atom is 0.269 e. The van der Waals surface area contributed by atoms with Crippen molar-refractivity contribution >= 4 is 23.7 Å². The second-order valence-corrected chi connectivity index (χ2v) is 6.05. The maximum atomic E-state index is 12.1. The standard InChI is InChI=1S/C20H22N4O5/c1-2-3-12-29-18-10-6-16(7-11-18)20(26)21-14-19(25)23-22-13-15-4-8-17(9-5-15)24(27)28/h4-11,13H,2-3,12,14H2,1H3,(H,21,26)(H,23,25)/b22-13+. The summed E-state index contributed by atoms with van der Waals surface area (Å²) in [6.07, 6.45) is 3.35. The third-order valence-corrected chi connectivity index (χ3v) is 3.80. The predicted octanol–water partition coefficient (Wildman–Crippen LogP) is 2.65. The van der Waals surface area contributed by atoms with Crippen molar-refractivity contribution in [1.82, 2.24) is 10.7 Å². The lowest BCUT2D eigenvalue weighted by atomic mass is 10.2. The smallest absolute Gasteiger partial charge is 0.269 e. The van der Waals surface area contributed by atoms with Gasteiger partial charge in [0.1, 0.15) is 5.75 Å². The van der Waals surface area contributed by atoms with Crippen LogP contribution in [0.5, 0.6) is 5.75 Å². The quantitative estimate of drug-likeness (QED) is 0.276. The third kappa shape index (κ3) is 7.41. The Morgan fingerprint density at radius 3 is 2.45 bits per heavy atom. The zero-order chi connectivity index (χ0) is 21.1. The van der Waals surface area contributed by atoms with Gasteiger partial charge in [-0.1, -0.05) is 13.3 Å². The Hall–Kier alpha value is -3.75. The zero-order valence-electron chi connectivity index (χ0n) is 16.0. The van der Waals surface area contributed by atoms with Crippen LogP contribution >= 0.6 is 0 Å². The number of nitro benzene ring substituents is 1. The van der Waals surface area contributed by atoms with Crippen molar-refractivity contribution in [2.45, 2.75) is 19.8 Å². The molecular weight excluding hydrogens is 376 g/mol. The molecule has 2 amide bonds. The Kier molecular flexibility index (Phi) is 8.30. The van der Waals surface area contributed by atoms with E-state index in [1.807, 2.05) is 0 Å². The summed E-state index contributed by atoms with van der Waals surface area (Å²) in [4.78, 5) is 33.9. The molecule has 0 atom stereocenters. The molecule has 0 unspecified atom stereocenters. The molecule has 0 heterocycles. The first-order valence-corrected chi connectivity index (χ1v) is 9.07. The van der Waals surface area contributed by atoms with Crippen molar-refractivity contribution in [1.29, 1.82) is 0 Å². The summed E-state index contributed by atoms with van der Waals surface area (Å²) in [5.74, 6) is -0.205. The van der Waals surface area contributed by atoms with Crippen LogP contribution in [0.2, 0.25) is 0 Å². The number of nitro groups is 1. The molecule has 2 rings (SSSR count). The van der Waals surface area contributed by atoms with Crippen molar-refractivity contribution in [2.24, 2.45) is 5.10 Å². The van der Waals surface area contributed by atoms with E-state index in [0.717, 1.165) is 12.8 Å². The fourth-order valence-corrected chi connectivity index (χ4v) is 2.20. The van der Waals surface area contributed by atoms with E-state index in [9.17, 15) is 19.7 Å². The van der Waals surface area contributed by atoms with Gasteiger partial charge in [0.25, 0.3) is 17.5 Å². The molecular formula is C20H22N4O5. The fourth-order valence-electron chi connectivity index (χ4n) is 2.20. The third-order valence-electron chi connectivity index (χ3n) is 3.80. The Morgan fingerprint density at radius 2 is 1.83 bits per heavy atom. The number of carbonyl (C=O) groups excluding carboxylic acids is 2. The summed E-state index contributed by atoms with van der Waals surface area (Å²) in [5, 5.41) is 16.8. The number of benzene rings is 2. The van der Waals surface area contributed by atoms with Gasteiger partial charge in [0.05, 0.1) is 24.3 Å². The van der Waals surface area contributed by atoms with Crippen molar-refractivity contribution in [3.63, 3.8) is 0 Å². The van der Waals surface area contributed by atoms with E-state index < -0.39 is 10.8 Å². The van der Waals surface area contributed by atoms with Gasteiger partial charge < -0.3 is 10.1 Å². The van der Waals surface area contributed by atoms with Crippen LogP contribution in [0.1, 0.15) is 35.7 Å². The number of unbranched alkanes of at least 4 members (excludes halogenated alkanes) is 1. The number of hydrogen-bond acceptors (Lipinski definition) is 6. The highest BCUT2D eigenvalue weighted by atomic mass is 16.6. The summed E-state index contributed by atoms with van der Waals surface area (Å²) in [7, 11) is 0. The molecule has 0 radical (unpaired) electrons. The number of hydrogen-bond donors (Lipinski definition) is 2. The van der Waals surface area contributed by atoms with Crippen LogP contribution in [-0.2, 0) is 4.79 Å². The Labute approximate surface area is 167 Å². The van der Waals surface area contributed by atoms with Crippen LogP contribution in [0.15, 0.2) is 53.6 Å². The normalized spacial score (nSPS) is 10.5. The van der Waals surface area contributed by atoms with Gasteiger partial charge in [-0.3, -0.25) is 19.7 Å². The van der Waals surface area contributed by atoms with E-state index in [2.05, 4.69) is 22.8 Å². The van der Waals surface area contributed by atoms with Crippen LogP contribution in [0.25, 0.3) is 0 Å². The van der Waals surface area contributed by atoms with E-state index in [-0.39, 0.29) is 18.1 Å². The van der Waals surface area contributed by atoms with E-state index in [4.69, 9.17) is 4.74 Å². The Balaban J connectivity index is 1.75. The van der Waals surface area contributed by atoms with E-state index in [1.165, 1.54) is 30.5 Å². The van der Waals surface area contributed by atoms with Crippen LogP contribution in [0, 0.1) is 10.1 Å². The molecule has 2 N–H and O–H groups in total. The van der Waals surface area contributed by atoms with E-state index >= 15 is 0 Å². The Morgan fingerprint density at radius 1 is 1.14 bits per heavy atom. The largest absolute Gasteiger partial charge is 0.494 e. The van der Waals surface area contributed by atoms with Crippen molar-refractivity contribution in [3.05, 3.63) is 69.8 Å². The SMILES string of the molecule is CCCCOc1ccc(C(=O)NCC(=O)N/N=C/c2ccc([N+](=O)[O-])cc2)cc1. The van der Waals surface area contributed by atoms with Gasteiger partial charge >= 0.3 is 0 Å². The first-order valence-electron chi connectivity index (χ1n) is 9.07. The molecule has 2 aromatic rings. The van der Waals surface area contributed by atoms with E-state index in [1.54, 1.807) is 24.3 Å². The number of rotatable bonds is 10. The van der Waals surface area contributed by atoms with Crippen molar-refractivity contribution < 1.29 is 19.2 Å². The number of amides is 2. The molecule has 0 fully saturated rings. The molecule has 152 valence electrons. The van der Waals surface area contributed by atoms with Crippen LogP contribution in [0.3, 0.4) is 0 Å². The van der Waals surface area contributed by atoms with Crippen LogP contribution < -0.4 is 15.5 Å². The molecule has 0 aliphatic heterocycles. The van der Waals surface area contributed by atoms with Gasteiger partial charge in [0, 0.05) is 17.7 Å². The highest BCUT2D eigenvalue weighted by Gasteiger charge is 2.08. The summed E-state index contributed by atoms with van der Waals surface area (Å²) >= 11 is 0. The lowest BCUT2D eigenvalue weighted by Gasteiger charge is -2.07. The predicted molar refractivity (Wildman–Crippen MR) is 108 cm³/mol. The molecule has 0 saturated heterocycles. The minimum absolute atomic E-state index is 0.0329. The lowest BCUT2D eigenvalue weighted by Crippen LogP contribution is -2.34. The molecule has 29 heavy (non-hydrogen) atoms. The molecule has 0 aromatic heterocycles. The Bertz CT molecular complexity index is 863. The number of nitrogens with zero attached hydrogens (tertiary/aromatic N) is 2. The fraction of sp³-hybridized carbons (Fsp3) is 0.250. The first-order chi connectivity index (χ1) is 14.0. The highest BCUT2D eigenvalue weighted by molar-refractivity contribution is 5.96. The molecule has 0 spiro atoms. The lowest BCUT2D eigenvalue weighted by molar-refractivity contribution is -0.384.